The van der Waals surface area contributed by atoms with Gasteiger partial charge < -0.3 is 20.5 Å². The highest BCUT2D eigenvalue weighted by molar-refractivity contribution is 5.78. The van der Waals surface area contributed by atoms with E-state index >= 15 is 0 Å². The zero-order chi connectivity index (χ0) is 17.4. The standard InChI is InChI=1S/C19H30N2O3/c1-3-11-24-18-12-14(9-10-16(18)20)19(22)21-13-15-7-5-6-8-17(15)23-4-2/h5-8,14,16,18H,3-4,9-13,20H2,1-2H3,(H,21,22)/t14-,16-,18-/m0/s1. The van der Waals surface area contributed by atoms with Crippen molar-refractivity contribution in [3.05, 3.63) is 29.8 Å². The maximum absolute atomic E-state index is 12.5. The predicted molar refractivity (Wildman–Crippen MR) is 94.8 cm³/mol. The highest BCUT2D eigenvalue weighted by Crippen LogP contribution is 2.26. The Labute approximate surface area is 144 Å². The van der Waals surface area contributed by atoms with Gasteiger partial charge in [0, 0.05) is 30.7 Å². The second-order valence-corrected chi connectivity index (χ2v) is 6.34. The van der Waals surface area contributed by atoms with Crippen molar-refractivity contribution in [1.82, 2.24) is 5.32 Å². The average Bonchev–Trinajstić information content (AvgIpc) is 2.60. The van der Waals surface area contributed by atoms with Crippen LogP contribution in [0, 0.1) is 5.92 Å². The van der Waals surface area contributed by atoms with Gasteiger partial charge >= 0.3 is 0 Å². The van der Waals surface area contributed by atoms with Crippen molar-refractivity contribution in [2.75, 3.05) is 13.2 Å². The van der Waals surface area contributed by atoms with Crippen molar-refractivity contribution in [3.63, 3.8) is 0 Å². The van der Waals surface area contributed by atoms with Gasteiger partial charge in [-0.3, -0.25) is 4.79 Å². The fourth-order valence-corrected chi connectivity index (χ4v) is 3.12. The molecule has 0 unspecified atom stereocenters. The van der Waals surface area contributed by atoms with Gasteiger partial charge in [-0.15, -0.1) is 0 Å². The van der Waals surface area contributed by atoms with Gasteiger partial charge in [0.1, 0.15) is 5.75 Å². The van der Waals surface area contributed by atoms with Crippen LogP contribution >= 0.6 is 0 Å². The quantitative estimate of drug-likeness (QED) is 0.766. The highest BCUT2D eigenvalue weighted by atomic mass is 16.5. The molecule has 5 heteroatoms. The molecule has 2 rings (SSSR count). The Morgan fingerprint density at radius 3 is 2.83 bits per heavy atom. The summed E-state index contributed by atoms with van der Waals surface area (Å²) in [5.41, 5.74) is 7.13. The Morgan fingerprint density at radius 1 is 1.29 bits per heavy atom. The number of carbonyl (C=O) groups is 1. The molecule has 1 amide bonds. The molecule has 5 nitrogen and oxygen atoms in total. The fraction of sp³-hybridized carbons (Fsp3) is 0.632. The van der Waals surface area contributed by atoms with E-state index in [1.165, 1.54) is 0 Å². The van der Waals surface area contributed by atoms with E-state index < -0.39 is 0 Å². The van der Waals surface area contributed by atoms with E-state index in [-0.39, 0.29) is 24.0 Å². The minimum atomic E-state index is -0.0223. The largest absolute Gasteiger partial charge is 0.494 e. The Hall–Kier alpha value is -1.59. The lowest BCUT2D eigenvalue weighted by atomic mass is 9.83. The van der Waals surface area contributed by atoms with Crippen molar-refractivity contribution >= 4 is 5.91 Å². The maximum Gasteiger partial charge on any atom is 0.223 e. The topological polar surface area (TPSA) is 73.6 Å². The number of nitrogens with two attached hydrogens (primary N) is 1. The highest BCUT2D eigenvalue weighted by Gasteiger charge is 2.32. The Morgan fingerprint density at radius 2 is 2.08 bits per heavy atom. The van der Waals surface area contributed by atoms with Crippen LogP contribution in [0.1, 0.15) is 45.1 Å². The zero-order valence-electron chi connectivity index (χ0n) is 14.8. The molecule has 1 aliphatic rings. The fourth-order valence-electron chi connectivity index (χ4n) is 3.12. The molecule has 1 saturated carbocycles. The molecule has 0 saturated heterocycles. The molecule has 3 atom stereocenters. The molecular formula is C19H30N2O3. The first-order valence-corrected chi connectivity index (χ1v) is 9.01. The average molecular weight is 334 g/mol. The maximum atomic E-state index is 12.5. The molecule has 0 spiro atoms. The summed E-state index contributed by atoms with van der Waals surface area (Å²) in [6.07, 6.45) is 3.33. The van der Waals surface area contributed by atoms with Gasteiger partial charge in [0.15, 0.2) is 0 Å². The van der Waals surface area contributed by atoms with E-state index in [4.69, 9.17) is 15.2 Å². The minimum Gasteiger partial charge on any atom is -0.494 e. The number of rotatable bonds is 8. The lowest BCUT2D eigenvalue weighted by Crippen LogP contribution is -2.45. The lowest BCUT2D eigenvalue weighted by molar-refractivity contribution is -0.128. The van der Waals surface area contributed by atoms with Crippen LogP contribution in [0.25, 0.3) is 0 Å². The molecule has 1 fully saturated rings. The summed E-state index contributed by atoms with van der Waals surface area (Å²) in [5.74, 6) is 0.888. The van der Waals surface area contributed by atoms with Crippen molar-refractivity contribution in [2.45, 2.75) is 58.2 Å². The summed E-state index contributed by atoms with van der Waals surface area (Å²) < 4.78 is 11.4. The number of benzene rings is 1. The van der Waals surface area contributed by atoms with Crippen molar-refractivity contribution < 1.29 is 14.3 Å². The number of hydrogen-bond donors (Lipinski definition) is 2. The Balaban J connectivity index is 1.88. The molecule has 0 aromatic heterocycles. The number of para-hydroxylation sites is 1. The number of hydrogen-bond acceptors (Lipinski definition) is 4. The summed E-state index contributed by atoms with van der Waals surface area (Å²) in [7, 11) is 0. The van der Waals surface area contributed by atoms with Gasteiger partial charge in [0.05, 0.1) is 12.7 Å². The molecule has 0 radical (unpaired) electrons. The third kappa shape index (κ3) is 5.21. The van der Waals surface area contributed by atoms with Crippen LogP contribution in [-0.4, -0.2) is 31.3 Å². The first-order chi connectivity index (χ1) is 11.7. The first kappa shape index (κ1) is 18.7. The third-order valence-electron chi connectivity index (χ3n) is 4.48. The van der Waals surface area contributed by atoms with Crippen LogP contribution in [0.5, 0.6) is 5.75 Å². The molecular weight excluding hydrogens is 304 g/mol. The zero-order valence-corrected chi connectivity index (χ0v) is 14.8. The molecule has 1 aromatic carbocycles. The van der Waals surface area contributed by atoms with E-state index in [1.54, 1.807) is 0 Å². The van der Waals surface area contributed by atoms with Gasteiger partial charge in [-0.2, -0.15) is 0 Å². The number of carbonyl (C=O) groups excluding carboxylic acids is 1. The van der Waals surface area contributed by atoms with Gasteiger partial charge in [-0.25, -0.2) is 0 Å². The smallest absolute Gasteiger partial charge is 0.223 e. The van der Waals surface area contributed by atoms with Gasteiger partial charge in [0.25, 0.3) is 0 Å². The van der Waals surface area contributed by atoms with Crippen molar-refractivity contribution in [2.24, 2.45) is 11.7 Å². The van der Waals surface area contributed by atoms with Crippen molar-refractivity contribution in [1.29, 1.82) is 0 Å². The summed E-state index contributed by atoms with van der Waals surface area (Å²) in [5, 5.41) is 3.04. The molecule has 0 aliphatic heterocycles. The Kier molecular flexibility index (Phi) is 7.53. The second kappa shape index (κ2) is 9.64. The normalized spacial score (nSPS) is 23.7. The number of nitrogens with one attached hydrogen (secondary N) is 1. The monoisotopic (exact) mass is 334 g/mol. The predicted octanol–water partition coefficient (Wildman–Crippen LogP) is 2.62. The van der Waals surface area contributed by atoms with Gasteiger partial charge in [0.2, 0.25) is 5.91 Å². The SMILES string of the molecule is CCCO[C@H]1C[C@@H](C(=O)NCc2ccccc2OCC)CC[C@@H]1N. The van der Waals surface area contributed by atoms with Crippen LogP contribution in [0.3, 0.4) is 0 Å². The molecule has 24 heavy (non-hydrogen) atoms. The molecule has 0 heterocycles. The van der Waals surface area contributed by atoms with Crippen LogP contribution in [-0.2, 0) is 16.1 Å². The van der Waals surface area contributed by atoms with Gasteiger partial charge in [-0.1, -0.05) is 25.1 Å². The third-order valence-corrected chi connectivity index (χ3v) is 4.48. The van der Waals surface area contributed by atoms with Crippen LogP contribution in [0.2, 0.25) is 0 Å². The first-order valence-electron chi connectivity index (χ1n) is 9.01. The van der Waals surface area contributed by atoms with Crippen LogP contribution < -0.4 is 15.8 Å². The van der Waals surface area contributed by atoms with E-state index in [1.807, 2.05) is 31.2 Å². The molecule has 0 bridgehead atoms. The molecule has 1 aliphatic carbocycles. The van der Waals surface area contributed by atoms with E-state index in [0.29, 0.717) is 26.2 Å². The van der Waals surface area contributed by atoms with Crippen molar-refractivity contribution in [3.8, 4) is 5.75 Å². The number of ether oxygens (including phenoxy) is 2. The molecule has 1 aromatic rings. The van der Waals surface area contributed by atoms with E-state index in [2.05, 4.69) is 12.2 Å². The summed E-state index contributed by atoms with van der Waals surface area (Å²) in [6, 6.07) is 7.85. The minimum absolute atomic E-state index is 0.00911. The lowest BCUT2D eigenvalue weighted by Gasteiger charge is -2.33. The summed E-state index contributed by atoms with van der Waals surface area (Å²) in [4.78, 5) is 12.5. The van der Waals surface area contributed by atoms with Crippen LogP contribution in [0.4, 0.5) is 0 Å². The van der Waals surface area contributed by atoms with E-state index in [9.17, 15) is 4.79 Å². The summed E-state index contributed by atoms with van der Waals surface area (Å²) >= 11 is 0. The van der Waals surface area contributed by atoms with Gasteiger partial charge in [-0.05, 0) is 38.7 Å². The number of amides is 1. The van der Waals surface area contributed by atoms with E-state index in [0.717, 1.165) is 30.6 Å². The Bertz CT molecular complexity index is 521. The molecule has 3 N–H and O–H groups in total. The van der Waals surface area contributed by atoms with Crippen LogP contribution in [0.15, 0.2) is 24.3 Å². The molecule has 134 valence electrons. The second-order valence-electron chi connectivity index (χ2n) is 6.34. The summed E-state index contributed by atoms with van der Waals surface area (Å²) in [6.45, 7) is 5.83.